The number of nitrogens with two attached hydrogens (primary N) is 2. The standard InChI is InChI=1S/C13H16N4O5.C11H14N4O4.C4H10O3.CH4/c1-19-13-21-9-6(3-18)20-10(11(9)22-13)8-7-5(2-15-8)12(14)17-4-16-7;12-11-4-1-13-7(6(4)14-3-15-11)10-9(18)8(17)5(2-16)19-10;1-5-4(6-2)7-3;/h4,6,9-11,13,18H,2-3H2,1H3,(H2,14,16,17);3,5,8-10,16-18H,1-2H2,(H2,12,14,15);4H,1-3H3;1H4/t6-,9-,10+,11-,13?;5-,8-,9-,10+;;/m11../s1. The monoisotopic (exact) mass is 696 g/mol. The molecule has 7 rings (SSSR count). The van der Waals surface area contributed by atoms with Crippen LogP contribution in [-0.2, 0) is 51.0 Å². The molecule has 0 amide bonds. The van der Waals surface area contributed by atoms with Crippen LogP contribution in [0, 0.1) is 0 Å². The van der Waals surface area contributed by atoms with Crippen molar-refractivity contribution in [1.82, 2.24) is 19.9 Å². The van der Waals surface area contributed by atoms with Crippen molar-refractivity contribution in [2.24, 2.45) is 9.98 Å². The average molecular weight is 697 g/mol. The van der Waals surface area contributed by atoms with Crippen LogP contribution in [0.1, 0.15) is 29.9 Å². The molecular weight excluding hydrogens is 652 g/mol. The SMILES string of the molecule is C.COC(OC)OC.COC1O[C@@H]2[C@H](O1)[C@@H](CO)O[C@H]2C1=NCc2c(N)ncnc21.Nc1ncnc2c1CN=C2[C@@H]1O[C@H](CO)[C@@H](O)[C@H]1O. The summed E-state index contributed by atoms with van der Waals surface area (Å²) in [5, 5.41) is 38.3. The molecule has 0 saturated carbocycles. The molecule has 0 spiro atoms. The van der Waals surface area contributed by atoms with Gasteiger partial charge in [-0.25, -0.2) is 19.9 Å². The molecule has 5 aliphatic heterocycles. The predicted octanol–water partition coefficient (Wildman–Crippen LogP) is -2.48. The molecule has 8 N–H and O–H groups in total. The normalized spacial score (nSPS) is 30.7. The summed E-state index contributed by atoms with van der Waals surface area (Å²) in [6, 6.07) is 0. The molecule has 272 valence electrons. The summed E-state index contributed by atoms with van der Waals surface area (Å²) in [5.41, 5.74) is 15.3. The molecule has 3 saturated heterocycles. The van der Waals surface area contributed by atoms with Gasteiger partial charge in [0.1, 0.15) is 73.1 Å². The molecule has 0 aromatic carbocycles. The van der Waals surface area contributed by atoms with E-state index in [9.17, 15) is 15.3 Å². The molecule has 5 aliphatic rings. The lowest BCUT2D eigenvalue weighted by Gasteiger charge is -2.18. The number of nitrogens with zero attached hydrogens (tertiary/aromatic N) is 6. The Morgan fingerprint density at radius 3 is 1.65 bits per heavy atom. The number of nitrogen functional groups attached to an aromatic ring is 2. The van der Waals surface area contributed by atoms with E-state index in [1.807, 2.05) is 0 Å². The Labute approximate surface area is 282 Å². The van der Waals surface area contributed by atoms with E-state index in [0.717, 1.165) is 5.56 Å². The molecule has 2 aromatic heterocycles. The van der Waals surface area contributed by atoms with Gasteiger partial charge in [0.15, 0.2) is 0 Å². The molecule has 1 unspecified atom stereocenters. The molecule has 7 heterocycles. The Hall–Kier alpha value is -3.38. The first-order chi connectivity index (χ1) is 23.2. The minimum atomic E-state index is -1.15. The number of anilines is 2. The van der Waals surface area contributed by atoms with Gasteiger partial charge >= 0.3 is 0 Å². The summed E-state index contributed by atoms with van der Waals surface area (Å²) in [7, 11) is 6.03. The van der Waals surface area contributed by atoms with E-state index in [1.165, 1.54) is 41.1 Å². The summed E-state index contributed by atoms with van der Waals surface area (Å²) in [5.74, 6) is 0.755. The molecule has 0 aliphatic carbocycles. The average Bonchev–Trinajstić information content (AvgIpc) is 3.92. The van der Waals surface area contributed by atoms with Gasteiger partial charge in [0, 0.05) is 39.6 Å². The highest BCUT2D eigenvalue weighted by Gasteiger charge is 2.55. The Bertz CT molecular complexity index is 1460. The number of aromatic nitrogens is 4. The first kappa shape index (κ1) is 38.4. The molecule has 49 heavy (non-hydrogen) atoms. The van der Waals surface area contributed by atoms with Gasteiger partial charge in [-0.05, 0) is 0 Å². The zero-order valence-electron chi connectivity index (χ0n) is 26.6. The molecule has 20 heteroatoms. The molecule has 0 bridgehead atoms. The summed E-state index contributed by atoms with van der Waals surface area (Å²) in [4.78, 5) is 24.9. The topological polar surface area (TPSA) is 283 Å². The number of hydrogen-bond donors (Lipinski definition) is 6. The number of methoxy groups -OCH3 is 4. The van der Waals surface area contributed by atoms with E-state index < -0.39 is 61.8 Å². The van der Waals surface area contributed by atoms with Crippen molar-refractivity contribution >= 4 is 23.1 Å². The maximum atomic E-state index is 9.97. The molecule has 9 atom stereocenters. The zero-order chi connectivity index (χ0) is 34.5. The second kappa shape index (κ2) is 17.0. The van der Waals surface area contributed by atoms with E-state index in [2.05, 4.69) is 44.1 Å². The van der Waals surface area contributed by atoms with E-state index in [1.54, 1.807) is 0 Å². The molecule has 3 fully saturated rings. The van der Waals surface area contributed by atoms with Gasteiger partial charge in [0.2, 0.25) is 0 Å². The van der Waals surface area contributed by atoms with Crippen LogP contribution in [0.4, 0.5) is 11.6 Å². The van der Waals surface area contributed by atoms with Gasteiger partial charge in [0.05, 0.1) is 49.1 Å². The van der Waals surface area contributed by atoms with Crippen LogP contribution in [0.3, 0.4) is 0 Å². The van der Waals surface area contributed by atoms with Crippen molar-refractivity contribution < 1.29 is 58.3 Å². The third kappa shape index (κ3) is 7.70. The predicted molar refractivity (Wildman–Crippen MR) is 169 cm³/mol. The Morgan fingerprint density at radius 1 is 0.714 bits per heavy atom. The number of hydrogen-bond acceptors (Lipinski definition) is 20. The third-order valence-electron chi connectivity index (χ3n) is 8.14. The highest BCUT2D eigenvalue weighted by molar-refractivity contribution is 6.07. The number of rotatable bonds is 8. The summed E-state index contributed by atoms with van der Waals surface area (Å²) >= 11 is 0. The minimum absolute atomic E-state index is 0. The van der Waals surface area contributed by atoms with Crippen LogP contribution < -0.4 is 11.5 Å². The Morgan fingerprint density at radius 2 is 1.20 bits per heavy atom. The smallest absolute Gasteiger partial charge is 0.272 e. The lowest BCUT2D eigenvalue weighted by molar-refractivity contribution is -0.252. The maximum absolute atomic E-state index is 9.97. The quantitative estimate of drug-likeness (QED) is 0.156. The summed E-state index contributed by atoms with van der Waals surface area (Å²) in [6.45, 7) is -1.10. The molecule has 2 aromatic rings. The van der Waals surface area contributed by atoms with Crippen LogP contribution in [0.15, 0.2) is 22.6 Å². The summed E-state index contributed by atoms with van der Waals surface area (Å²) < 4.78 is 41.5. The first-order valence-corrected chi connectivity index (χ1v) is 14.8. The van der Waals surface area contributed by atoms with E-state index in [-0.39, 0.29) is 20.6 Å². The number of fused-ring (bicyclic) bond motifs is 3. The molecule has 20 nitrogen and oxygen atoms in total. The van der Waals surface area contributed by atoms with Crippen LogP contribution in [0.2, 0.25) is 0 Å². The highest BCUT2D eigenvalue weighted by atomic mass is 16.9. The van der Waals surface area contributed by atoms with Crippen LogP contribution in [0.25, 0.3) is 0 Å². The van der Waals surface area contributed by atoms with E-state index >= 15 is 0 Å². The molecular formula is C29H44N8O12. The van der Waals surface area contributed by atoms with Crippen molar-refractivity contribution in [3.05, 3.63) is 35.2 Å². The fraction of sp³-hybridized carbons (Fsp3) is 0.655. The largest absolute Gasteiger partial charge is 0.394 e. The summed E-state index contributed by atoms with van der Waals surface area (Å²) in [6.07, 6.45) is -3.05. The highest BCUT2D eigenvalue weighted by Crippen LogP contribution is 2.37. The number of aliphatic hydroxyl groups excluding tert-OH is 4. The fourth-order valence-electron chi connectivity index (χ4n) is 5.75. The van der Waals surface area contributed by atoms with Gasteiger partial charge in [-0.3, -0.25) is 9.98 Å². The lowest BCUT2D eigenvalue weighted by Crippen LogP contribution is -2.37. The van der Waals surface area contributed by atoms with Crippen molar-refractivity contribution in [3.63, 3.8) is 0 Å². The van der Waals surface area contributed by atoms with Crippen molar-refractivity contribution in [3.8, 4) is 0 Å². The van der Waals surface area contributed by atoms with E-state index in [0.29, 0.717) is 53.1 Å². The van der Waals surface area contributed by atoms with Gasteiger partial charge < -0.3 is 69.8 Å². The van der Waals surface area contributed by atoms with Crippen molar-refractivity contribution in [2.45, 2.75) is 82.3 Å². The van der Waals surface area contributed by atoms with Crippen LogP contribution in [-0.4, -0.2) is 155 Å². The third-order valence-corrected chi connectivity index (χ3v) is 8.14. The van der Waals surface area contributed by atoms with Crippen molar-refractivity contribution in [1.29, 1.82) is 0 Å². The van der Waals surface area contributed by atoms with Crippen LogP contribution >= 0.6 is 0 Å². The number of ether oxygens (including phenoxy) is 8. The zero-order valence-corrected chi connectivity index (χ0v) is 26.6. The van der Waals surface area contributed by atoms with Gasteiger partial charge in [0.25, 0.3) is 13.0 Å². The van der Waals surface area contributed by atoms with Gasteiger partial charge in [-0.1, -0.05) is 7.43 Å². The van der Waals surface area contributed by atoms with E-state index in [4.69, 9.17) is 40.3 Å². The first-order valence-electron chi connectivity index (χ1n) is 14.8. The number of aliphatic imine (C=N–C) groups is 2. The van der Waals surface area contributed by atoms with Crippen molar-refractivity contribution in [2.75, 3.05) is 53.1 Å². The fourth-order valence-corrected chi connectivity index (χ4v) is 5.75. The lowest BCUT2D eigenvalue weighted by atomic mass is 10.0. The second-order valence-corrected chi connectivity index (χ2v) is 10.8. The Kier molecular flexibility index (Phi) is 13.3. The maximum Gasteiger partial charge on any atom is 0.272 e. The molecule has 0 radical (unpaired) electrons. The Balaban J connectivity index is 0.000000184. The van der Waals surface area contributed by atoms with Gasteiger partial charge in [-0.2, -0.15) is 0 Å². The van der Waals surface area contributed by atoms with Gasteiger partial charge in [-0.15, -0.1) is 0 Å². The second-order valence-electron chi connectivity index (χ2n) is 10.8. The number of aliphatic hydroxyl groups is 4. The minimum Gasteiger partial charge on any atom is -0.394 e. The van der Waals surface area contributed by atoms with Crippen LogP contribution in [0.5, 0.6) is 0 Å².